The van der Waals surface area contributed by atoms with Gasteiger partial charge in [0.15, 0.2) is 10.8 Å². The van der Waals surface area contributed by atoms with Gasteiger partial charge in [0.2, 0.25) is 5.91 Å². The Hall–Kier alpha value is -2.85. The number of ether oxygens (including phenoxy) is 2. The largest absolute Gasteiger partial charge is 0.497 e. The number of nitrogens with zero attached hydrogens (tertiary/aromatic N) is 4. The highest BCUT2D eigenvalue weighted by molar-refractivity contribution is 7.99. The summed E-state index contributed by atoms with van der Waals surface area (Å²) in [5.74, 6) is 2.35. The van der Waals surface area contributed by atoms with Gasteiger partial charge in [0, 0.05) is 20.2 Å². The normalized spacial score (nSPS) is 10.9. The molecule has 0 aliphatic heterocycles. The van der Waals surface area contributed by atoms with E-state index in [2.05, 4.69) is 32.6 Å². The maximum absolute atomic E-state index is 12.3. The van der Waals surface area contributed by atoms with Crippen LogP contribution in [0.3, 0.4) is 0 Å². The molecule has 0 aliphatic rings. The zero-order valence-electron chi connectivity index (χ0n) is 18.1. The SMILES string of the molecule is CCSc1nc(NCCOC)c2cnn(CCNC(=O)Cc3ccc(OC)cc3)c2n1. The zero-order chi connectivity index (χ0) is 22.1. The fraction of sp³-hybridized carbons (Fsp3) is 0.429. The molecule has 3 aromatic rings. The Morgan fingerprint density at radius 2 is 1.97 bits per heavy atom. The van der Waals surface area contributed by atoms with Crippen LogP contribution in [0.2, 0.25) is 0 Å². The first-order valence-electron chi connectivity index (χ1n) is 10.1. The van der Waals surface area contributed by atoms with E-state index in [-0.39, 0.29) is 5.91 Å². The van der Waals surface area contributed by atoms with E-state index in [9.17, 15) is 4.79 Å². The van der Waals surface area contributed by atoms with Crippen molar-refractivity contribution in [3.63, 3.8) is 0 Å². The van der Waals surface area contributed by atoms with Crippen LogP contribution in [-0.2, 0) is 22.5 Å². The summed E-state index contributed by atoms with van der Waals surface area (Å²) >= 11 is 1.57. The van der Waals surface area contributed by atoms with Gasteiger partial charge in [-0.1, -0.05) is 30.8 Å². The van der Waals surface area contributed by atoms with Crippen molar-refractivity contribution >= 4 is 34.5 Å². The number of methoxy groups -OCH3 is 2. The molecule has 0 atom stereocenters. The number of fused-ring (bicyclic) bond motifs is 1. The van der Waals surface area contributed by atoms with Crippen molar-refractivity contribution in [2.45, 2.75) is 25.0 Å². The van der Waals surface area contributed by atoms with E-state index in [1.807, 2.05) is 24.3 Å². The van der Waals surface area contributed by atoms with Gasteiger partial charge in [-0.25, -0.2) is 14.6 Å². The molecule has 0 spiro atoms. The Kier molecular flexibility index (Phi) is 8.48. The predicted molar refractivity (Wildman–Crippen MR) is 122 cm³/mol. The first-order chi connectivity index (χ1) is 15.1. The second kappa shape index (κ2) is 11.5. The molecule has 1 aromatic carbocycles. The second-order valence-corrected chi connectivity index (χ2v) is 7.92. The summed E-state index contributed by atoms with van der Waals surface area (Å²) in [4.78, 5) is 21.5. The highest BCUT2D eigenvalue weighted by Gasteiger charge is 2.13. The first kappa shape index (κ1) is 22.8. The lowest BCUT2D eigenvalue weighted by Gasteiger charge is -2.09. The smallest absolute Gasteiger partial charge is 0.224 e. The Bertz CT molecular complexity index is 993. The topological polar surface area (TPSA) is 103 Å². The highest BCUT2D eigenvalue weighted by Crippen LogP contribution is 2.24. The lowest BCUT2D eigenvalue weighted by atomic mass is 10.1. The minimum atomic E-state index is -0.0413. The number of benzene rings is 1. The highest BCUT2D eigenvalue weighted by atomic mass is 32.2. The molecule has 0 fully saturated rings. The number of anilines is 1. The summed E-state index contributed by atoms with van der Waals surface area (Å²) in [6.45, 7) is 4.26. The zero-order valence-corrected chi connectivity index (χ0v) is 18.9. The third kappa shape index (κ3) is 6.31. The number of hydrogen-bond acceptors (Lipinski definition) is 8. The van der Waals surface area contributed by atoms with Gasteiger partial charge in [-0.2, -0.15) is 5.10 Å². The molecule has 2 N–H and O–H groups in total. The predicted octanol–water partition coefficient (Wildman–Crippen LogP) is 2.36. The van der Waals surface area contributed by atoms with Gasteiger partial charge in [-0.05, 0) is 23.4 Å². The van der Waals surface area contributed by atoms with Crippen molar-refractivity contribution in [2.24, 2.45) is 0 Å². The van der Waals surface area contributed by atoms with E-state index in [0.717, 1.165) is 33.9 Å². The van der Waals surface area contributed by atoms with Crippen molar-refractivity contribution in [1.82, 2.24) is 25.1 Å². The number of rotatable bonds is 12. The third-order valence-electron chi connectivity index (χ3n) is 4.52. The van der Waals surface area contributed by atoms with E-state index in [0.29, 0.717) is 37.8 Å². The van der Waals surface area contributed by atoms with E-state index < -0.39 is 0 Å². The molecule has 1 amide bonds. The monoisotopic (exact) mass is 444 g/mol. The number of thioether (sulfide) groups is 1. The molecule has 2 aromatic heterocycles. The van der Waals surface area contributed by atoms with Gasteiger partial charge in [-0.3, -0.25) is 4.79 Å². The van der Waals surface area contributed by atoms with E-state index in [1.165, 1.54) is 0 Å². The summed E-state index contributed by atoms with van der Waals surface area (Å²) < 4.78 is 12.0. The Labute approximate surface area is 185 Å². The number of hydrogen-bond donors (Lipinski definition) is 2. The minimum absolute atomic E-state index is 0.0413. The van der Waals surface area contributed by atoms with E-state index >= 15 is 0 Å². The molecular weight excluding hydrogens is 416 g/mol. The van der Waals surface area contributed by atoms with Crippen molar-refractivity contribution in [3.8, 4) is 5.75 Å². The summed E-state index contributed by atoms with van der Waals surface area (Å²) in [6, 6.07) is 7.48. The van der Waals surface area contributed by atoms with Gasteiger partial charge < -0.3 is 20.1 Å². The number of carbonyl (C=O) groups is 1. The molecule has 0 saturated heterocycles. The molecule has 0 unspecified atom stereocenters. The number of nitrogens with one attached hydrogen (secondary N) is 2. The second-order valence-electron chi connectivity index (χ2n) is 6.69. The van der Waals surface area contributed by atoms with Crippen LogP contribution >= 0.6 is 11.8 Å². The first-order valence-corrected chi connectivity index (χ1v) is 11.1. The van der Waals surface area contributed by atoms with Gasteiger partial charge in [0.05, 0.1) is 38.3 Å². The Morgan fingerprint density at radius 3 is 2.68 bits per heavy atom. The molecule has 0 radical (unpaired) electrons. The quantitative estimate of drug-likeness (QED) is 0.249. The average molecular weight is 445 g/mol. The third-order valence-corrected chi connectivity index (χ3v) is 5.25. The molecule has 0 saturated carbocycles. The average Bonchev–Trinajstić information content (AvgIpc) is 3.18. The van der Waals surface area contributed by atoms with Gasteiger partial charge in [0.25, 0.3) is 0 Å². The molecule has 3 rings (SSSR count). The van der Waals surface area contributed by atoms with Crippen molar-refractivity contribution in [2.75, 3.05) is 45.0 Å². The Morgan fingerprint density at radius 1 is 1.16 bits per heavy atom. The maximum Gasteiger partial charge on any atom is 0.224 e. The number of carbonyl (C=O) groups excluding carboxylic acids is 1. The number of aromatic nitrogens is 4. The summed E-state index contributed by atoms with van der Waals surface area (Å²) in [5.41, 5.74) is 1.68. The minimum Gasteiger partial charge on any atom is -0.497 e. The van der Waals surface area contributed by atoms with E-state index in [1.54, 1.807) is 36.9 Å². The van der Waals surface area contributed by atoms with E-state index in [4.69, 9.17) is 9.47 Å². The van der Waals surface area contributed by atoms with Crippen molar-refractivity contribution in [3.05, 3.63) is 36.0 Å². The molecule has 31 heavy (non-hydrogen) atoms. The standard InChI is InChI=1S/C21H28N6O3S/c1-4-31-21-25-19(23-10-12-29-2)17-14-24-27(20(17)26-21)11-9-22-18(28)13-15-5-7-16(30-3)8-6-15/h5-8,14H,4,9-13H2,1-3H3,(H,22,28)(H,23,25,26). The van der Waals surface area contributed by atoms with Crippen LogP contribution in [0.5, 0.6) is 5.75 Å². The molecule has 0 aliphatic carbocycles. The van der Waals surface area contributed by atoms with Crippen LogP contribution in [-0.4, -0.2) is 65.3 Å². The summed E-state index contributed by atoms with van der Waals surface area (Å²) in [7, 11) is 3.28. The lowest BCUT2D eigenvalue weighted by molar-refractivity contribution is -0.120. The summed E-state index contributed by atoms with van der Waals surface area (Å²) in [5, 5.41) is 12.2. The molecule has 10 heteroatoms. The molecule has 9 nitrogen and oxygen atoms in total. The van der Waals surface area contributed by atoms with Crippen LogP contribution in [0.4, 0.5) is 5.82 Å². The van der Waals surface area contributed by atoms with Crippen LogP contribution in [0.1, 0.15) is 12.5 Å². The van der Waals surface area contributed by atoms with Gasteiger partial charge in [-0.15, -0.1) is 0 Å². The van der Waals surface area contributed by atoms with Gasteiger partial charge in [0.1, 0.15) is 11.6 Å². The van der Waals surface area contributed by atoms with Crippen LogP contribution in [0.25, 0.3) is 11.0 Å². The molecular formula is C21H28N6O3S. The van der Waals surface area contributed by atoms with Crippen LogP contribution < -0.4 is 15.4 Å². The Balaban J connectivity index is 1.63. The maximum atomic E-state index is 12.3. The fourth-order valence-electron chi connectivity index (χ4n) is 2.99. The molecule has 2 heterocycles. The van der Waals surface area contributed by atoms with Crippen LogP contribution in [0.15, 0.2) is 35.6 Å². The lowest BCUT2D eigenvalue weighted by Crippen LogP contribution is -2.28. The van der Waals surface area contributed by atoms with Gasteiger partial charge >= 0.3 is 0 Å². The fourth-order valence-corrected chi connectivity index (χ4v) is 3.56. The van der Waals surface area contributed by atoms with Crippen molar-refractivity contribution in [1.29, 1.82) is 0 Å². The van der Waals surface area contributed by atoms with Crippen LogP contribution in [0, 0.1) is 0 Å². The summed E-state index contributed by atoms with van der Waals surface area (Å²) in [6.07, 6.45) is 2.07. The molecule has 0 bridgehead atoms. The molecule has 166 valence electrons. The van der Waals surface area contributed by atoms with Crippen molar-refractivity contribution < 1.29 is 14.3 Å². The number of amides is 1.